The predicted octanol–water partition coefficient (Wildman–Crippen LogP) is 1.92. The third-order valence-electron chi connectivity index (χ3n) is 2.93. The SMILES string of the molecule is CCOc1c(C(C)(C)O)ccc([C@@H](C)[NH3+])c1C. The summed E-state index contributed by atoms with van der Waals surface area (Å²) in [6.45, 7) is 10.2. The van der Waals surface area contributed by atoms with Crippen LogP contribution >= 0.6 is 0 Å². The lowest BCUT2D eigenvalue weighted by molar-refractivity contribution is -0.420. The quantitative estimate of drug-likeness (QED) is 0.842. The lowest BCUT2D eigenvalue weighted by Crippen LogP contribution is -2.52. The van der Waals surface area contributed by atoms with Crippen molar-refractivity contribution < 1.29 is 15.6 Å². The monoisotopic (exact) mass is 238 g/mol. The van der Waals surface area contributed by atoms with Crippen molar-refractivity contribution in [1.82, 2.24) is 0 Å². The first-order chi connectivity index (χ1) is 7.79. The van der Waals surface area contributed by atoms with Crippen molar-refractivity contribution in [3.05, 3.63) is 28.8 Å². The number of quaternary nitrogens is 1. The fourth-order valence-corrected chi connectivity index (χ4v) is 2.05. The van der Waals surface area contributed by atoms with Crippen LogP contribution in [0.1, 0.15) is 50.4 Å². The van der Waals surface area contributed by atoms with E-state index in [1.54, 1.807) is 13.8 Å². The summed E-state index contributed by atoms with van der Waals surface area (Å²) in [5, 5.41) is 10.2. The zero-order valence-electron chi connectivity index (χ0n) is 11.5. The van der Waals surface area contributed by atoms with Gasteiger partial charge in [0.05, 0.1) is 12.2 Å². The number of benzene rings is 1. The smallest absolute Gasteiger partial charge is 0.128 e. The van der Waals surface area contributed by atoms with Crippen LogP contribution in [0.4, 0.5) is 0 Å². The van der Waals surface area contributed by atoms with Crippen molar-refractivity contribution in [3.63, 3.8) is 0 Å². The molecule has 0 unspecified atom stereocenters. The molecule has 0 bridgehead atoms. The normalized spacial score (nSPS) is 13.6. The van der Waals surface area contributed by atoms with E-state index in [1.165, 1.54) is 5.56 Å². The van der Waals surface area contributed by atoms with Gasteiger partial charge in [-0.1, -0.05) is 12.1 Å². The van der Waals surface area contributed by atoms with Crippen LogP contribution in [-0.2, 0) is 5.60 Å². The average Bonchev–Trinajstić information content (AvgIpc) is 2.18. The fraction of sp³-hybridized carbons (Fsp3) is 0.571. The predicted molar refractivity (Wildman–Crippen MR) is 68.9 cm³/mol. The summed E-state index contributed by atoms with van der Waals surface area (Å²) in [5.41, 5.74) is 6.23. The van der Waals surface area contributed by atoms with Gasteiger partial charge in [0.2, 0.25) is 0 Å². The number of hydrogen-bond donors (Lipinski definition) is 2. The van der Waals surface area contributed by atoms with Gasteiger partial charge in [-0.05, 0) is 34.6 Å². The summed E-state index contributed by atoms with van der Waals surface area (Å²) in [6.07, 6.45) is 0. The number of rotatable bonds is 4. The number of hydrogen-bond acceptors (Lipinski definition) is 2. The van der Waals surface area contributed by atoms with Crippen LogP contribution in [0.15, 0.2) is 12.1 Å². The molecule has 1 atom stereocenters. The molecule has 1 aromatic rings. The van der Waals surface area contributed by atoms with Crippen LogP contribution < -0.4 is 10.5 Å². The molecule has 3 nitrogen and oxygen atoms in total. The molecule has 3 heteroatoms. The van der Waals surface area contributed by atoms with Crippen LogP contribution in [0.5, 0.6) is 5.75 Å². The average molecular weight is 238 g/mol. The molecule has 1 aromatic carbocycles. The first kappa shape index (κ1) is 14.0. The molecular formula is C14H24NO2+. The molecule has 0 aromatic heterocycles. The topological polar surface area (TPSA) is 57.1 Å². The molecule has 0 fully saturated rings. The van der Waals surface area contributed by atoms with Crippen LogP contribution in [0.3, 0.4) is 0 Å². The van der Waals surface area contributed by atoms with Crippen LogP contribution in [0.2, 0.25) is 0 Å². The maximum absolute atomic E-state index is 10.2. The van der Waals surface area contributed by atoms with E-state index < -0.39 is 5.60 Å². The van der Waals surface area contributed by atoms with Gasteiger partial charge in [-0.15, -0.1) is 0 Å². The highest BCUT2D eigenvalue weighted by Crippen LogP contribution is 2.35. The van der Waals surface area contributed by atoms with Gasteiger partial charge in [-0.25, -0.2) is 0 Å². The lowest BCUT2D eigenvalue weighted by atomic mass is 9.91. The molecule has 0 spiro atoms. The van der Waals surface area contributed by atoms with Gasteiger partial charge in [-0.2, -0.15) is 0 Å². The standard InChI is InChI=1S/C14H23NO2/c1-6-17-13-9(2)11(10(3)15)7-8-12(13)14(4,5)16/h7-8,10,16H,6,15H2,1-5H3/p+1/t10-/m1/s1. The Hall–Kier alpha value is -1.06. The first-order valence-electron chi connectivity index (χ1n) is 6.11. The molecule has 0 aliphatic rings. The van der Waals surface area contributed by atoms with Gasteiger partial charge < -0.3 is 15.6 Å². The summed E-state index contributed by atoms with van der Waals surface area (Å²) in [4.78, 5) is 0. The van der Waals surface area contributed by atoms with Crippen LogP contribution in [-0.4, -0.2) is 11.7 Å². The molecule has 4 N–H and O–H groups in total. The Bertz CT molecular complexity index is 392. The van der Waals surface area contributed by atoms with Crippen LogP contribution in [0, 0.1) is 6.92 Å². The highest BCUT2D eigenvalue weighted by Gasteiger charge is 2.24. The highest BCUT2D eigenvalue weighted by molar-refractivity contribution is 5.48. The fourth-order valence-electron chi connectivity index (χ4n) is 2.05. The largest absolute Gasteiger partial charge is 0.493 e. The van der Waals surface area contributed by atoms with E-state index in [2.05, 4.69) is 12.7 Å². The van der Waals surface area contributed by atoms with E-state index in [4.69, 9.17) is 4.74 Å². The second-order valence-corrected chi connectivity index (χ2v) is 5.05. The number of aliphatic hydroxyl groups is 1. The minimum atomic E-state index is -0.891. The van der Waals surface area contributed by atoms with E-state index in [0.717, 1.165) is 16.9 Å². The van der Waals surface area contributed by atoms with Crippen molar-refractivity contribution in [2.45, 2.75) is 46.3 Å². The van der Waals surface area contributed by atoms with Crippen molar-refractivity contribution in [3.8, 4) is 5.75 Å². The maximum atomic E-state index is 10.2. The molecule has 1 rings (SSSR count). The molecule has 0 radical (unpaired) electrons. The number of ether oxygens (including phenoxy) is 1. The van der Waals surface area contributed by atoms with E-state index in [1.807, 2.05) is 26.0 Å². The minimum absolute atomic E-state index is 0.213. The summed E-state index contributed by atoms with van der Waals surface area (Å²) >= 11 is 0. The Kier molecular flexibility index (Phi) is 4.17. The summed E-state index contributed by atoms with van der Waals surface area (Å²) < 4.78 is 5.70. The van der Waals surface area contributed by atoms with Gasteiger partial charge in [0.25, 0.3) is 0 Å². The molecule has 0 saturated carbocycles. The molecule has 0 saturated heterocycles. The first-order valence-corrected chi connectivity index (χ1v) is 6.11. The Morgan fingerprint density at radius 2 is 2.00 bits per heavy atom. The van der Waals surface area contributed by atoms with Crippen LogP contribution in [0.25, 0.3) is 0 Å². The molecule has 0 amide bonds. The Balaban J connectivity index is 3.39. The Labute approximate surface area is 104 Å². The van der Waals surface area contributed by atoms with E-state index >= 15 is 0 Å². The highest BCUT2D eigenvalue weighted by atomic mass is 16.5. The summed E-state index contributed by atoms with van der Waals surface area (Å²) in [7, 11) is 0. The van der Waals surface area contributed by atoms with E-state index in [0.29, 0.717) is 6.61 Å². The molecule has 0 heterocycles. The zero-order chi connectivity index (χ0) is 13.2. The molecule has 17 heavy (non-hydrogen) atoms. The molecule has 96 valence electrons. The molecular weight excluding hydrogens is 214 g/mol. The van der Waals surface area contributed by atoms with Gasteiger partial charge in [-0.3, -0.25) is 0 Å². The van der Waals surface area contributed by atoms with Gasteiger partial charge >= 0.3 is 0 Å². The van der Waals surface area contributed by atoms with Crippen molar-refractivity contribution in [1.29, 1.82) is 0 Å². The van der Waals surface area contributed by atoms with Gasteiger partial charge in [0, 0.05) is 16.7 Å². The zero-order valence-corrected chi connectivity index (χ0v) is 11.5. The van der Waals surface area contributed by atoms with Crippen molar-refractivity contribution in [2.75, 3.05) is 6.61 Å². The second kappa shape index (κ2) is 5.07. The second-order valence-electron chi connectivity index (χ2n) is 5.05. The minimum Gasteiger partial charge on any atom is -0.493 e. The third kappa shape index (κ3) is 2.99. The Morgan fingerprint density at radius 3 is 2.41 bits per heavy atom. The van der Waals surface area contributed by atoms with Gasteiger partial charge in [0.15, 0.2) is 0 Å². The molecule has 0 aliphatic heterocycles. The van der Waals surface area contributed by atoms with Crippen molar-refractivity contribution >= 4 is 0 Å². The van der Waals surface area contributed by atoms with Gasteiger partial charge in [0.1, 0.15) is 11.8 Å². The molecule has 0 aliphatic carbocycles. The summed E-state index contributed by atoms with van der Waals surface area (Å²) in [5.74, 6) is 0.799. The maximum Gasteiger partial charge on any atom is 0.128 e. The summed E-state index contributed by atoms with van der Waals surface area (Å²) in [6, 6.07) is 4.18. The van der Waals surface area contributed by atoms with E-state index in [-0.39, 0.29) is 6.04 Å². The third-order valence-corrected chi connectivity index (χ3v) is 2.93. The van der Waals surface area contributed by atoms with E-state index in [9.17, 15) is 5.11 Å². The lowest BCUT2D eigenvalue weighted by Gasteiger charge is -2.24. The Morgan fingerprint density at radius 1 is 1.41 bits per heavy atom. The van der Waals surface area contributed by atoms with Crippen molar-refractivity contribution in [2.24, 2.45) is 0 Å².